The molecule has 4 heterocycles. The van der Waals surface area contributed by atoms with Gasteiger partial charge in [0.15, 0.2) is 5.13 Å². The Hall–Kier alpha value is -3.00. The fourth-order valence-electron chi connectivity index (χ4n) is 2.86. The number of anilines is 1. The van der Waals surface area contributed by atoms with E-state index in [1.54, 1.807) is 23.4 Å². The van der Waals surface area contributed by atoms with Crippen molar-refractivity contribution in [2.45, 2.75) is 13.0 Å². The van der Waals surface area contributed by atoms with Gasteiger partial charge < -0.3 is 14.6 Å². The molecule has 7 nitrogen and oxygen atoms in total. The first kappa shape index (κ1) is 16.5. The van der Waals surface area contributed by atoms with E-state index in [2.05, 4.69) is 15.3 Å². The van der Waals surface area contributed by atoms with Crippen LogP contribution in [0.15, 0.2) is 52.6 Å². The third-order valence-corrected chi connectivity index (χ3v) is 4.93. The topological polar surface area (TPSA) is 88.3 Å². The summed E-state index contributed by atoms with van der Waals surface area (Å²) in [4.78, 5) is 34.9. The molecule has 0 radical (unpaired) electrons. The summed E-state index contributed by atoms with van der Waals surface area (Å²) in [6, 6.07) is 9.18. The molecule has 0 unspecified atom stereocenters. The second-order valence-electron chi connectivity index (χ2n) is 6.00. The van der Waals surface area contributed by atoms with Gasteiger partial charge in [0.1, 0.15) is 11.5 Å². The van der Waals surface area contributed by atoms with E-state index in [1.165, 1.54) is 11.3 Å². The largest absolute Gasteiger partial charge is 0.467 e. The fourth-order valence-corrected chi connectivity index (χ4v) is 3.57. The Bertz CT molecular complexity index is 908. The van der Waals surface area contributed by atoms with Crippen LogP contribution in [-0.2, 0) is 16.1 Å². The number of hydrogen-bond donors (Lipinski definition) is 1. The minimum atomic E-state index is -0.389. The maximum Gasteiger partial charge on any atom is 0.231 e. The highest BCUT2D eigenvalue weighted by atomic mass is 32.1. The Kier molecular flexibility index (Phi) is 4.49. The van der Waals surface area contributed by atoms with Gasteiger partial charge in [0.05, 0.1) is 24.4 Å². The van der Waals surface area contributed by atoms with Crippen LogP contribution in [-0.4, -0.2) is 33.2 Å². The molecule has 3 aromatic rings. The van der Waals surface area contributed by atoms with Gasteiger partial charge in [0.2, 0.25) is 11.8 Å². The third kappa shape index (κ3) is 3.50. The number of carbonyl (C=O) groups is 2. The van der Waals surface area contributed by atoms with Crippen LogP contribution in [0.1, 0.15) is 12.2 Å². The summed E-state index contributed by atoms with van der Waals surface area (Å²) in [5, 5.41) is 5.17. The van der Waals surface area contributed by atoms with Crippen molar-refractivity contribution in [2.75, 3.05) is 11.9 Å². The van der Waals surface area contributed by atoms with Crippen LogP contribution < -0.4 is 5.32 Å². The smallest absolute Gasteiger partial charge is 0.231 e. The molecule has 8 heteroatoms. The number of hydrogen-bond acceptors (Lipinski definition) is 6. The van der Waals surface area contributed by atoms with Crippen molar-refractivity contribution >= 4 is 28.3 Å². The fraction of sp³-hybridized carbons (Fsp3) is 0.222. The minimum absolute atomic E-state index is 0.0464. The van der Waals surface area contributed by atoms with Gasteiger partial charge in [-0.3, -0.25) is 14.6 Å². The van der Waals surface area contributed by atoms with E-state index in [4.69, 9.17) is 4.42 Å². The number of furan rings is 1. The average molecular weight is 368 g/mol. The van der Waals surface area contributed by atoms with Gasteiger partial charge in [0, 0.05) is 24.5 Å². The zero-order valence-electron chi connectivity index (χ0n) is 13.8. The number of likely N-dealkylation sites (tertiary alicyclic amines) is 1. The molecule has 0 saturated carbocycles. The average Bonchev–Trinajstić information content (AvgIpc) is 3.39. The van der Waals surface area contributed by atoms with Crippen molar-refractivity contribution in [3.8, 4) is 11.4 Å². The standard InChI is InChI=1S/C18H16N4O3S/c23-16-8-12(9-22(16)10-13-4-3-7-25-13)17(24)21-18-20-15(11-26-18)14-5-1-2-6-19-14/h1-7,11-12H,8-10H2,(H,20,21,24)/t12-/m1/s1. The van der Waals surface area contributed by atoms with Crippen molar-refractivity contribution in [2.24, 2.45) is 5.92 Å². The molecule has 1 aliphatic heterocycles. The Labute approximate surface area is 153 Å². The molecule has 1 aliphatic rings. The number of aromatic nitrogens is 2. The van der Waals surface area contributed by atoms with Crippen molar-refractivity contribution < 1.29 is 14.0 Å². The zero-order valence-corrected chi connectivity index (χ0v) is 14.6. The van der Waals surface area contributed by atoms with Gasteiger partial charge in [-0.2, -0.15) is 0 Å². The number of carbonyl (C=O) groups excluding carboxylic acids is 2. The number of rotatable bonds is 5. The third-order valence-electron chi connectivity index (χ3n) is 4.17. The quantitative estimate of drug-likeness (QED) is 0.748. The highest BCUT2D eigenvalue weighted by Crippen LogP contribution is 2.26. The number of amides is 2. The lowest BCUT2D eigenvalue weighted by atomic mass is 10.1. The van der Waals surface area contributed by atoms with Gasteiger partial charge in [-0.15, -0.1) is 11.3 Å². The van der Waals surface area contributed by atoms with Gasteiger partial charge in [-0.05, 0) is 24.3 Å². The first-order chi connectivity index (χ1) is 12.7. The maximum atomic E-state index is 12.5. The highest BCUT2D eigenvalue weighted by molar-refractivity contribution is 7.14. The molecule has 26 heavy (non-hydrogen) atoms. The van der Waals surface area contributed by atoms with Crippen LogP contribution in [0.3, 0.4) is 0 Å². The minimum Gasteiger partial charge on any atom is -0.467 e. The van der Waals surface area contributed by atoms with Crippen molar-refractivity contribution in [3.63, 3.8) is 0 Å². The van der Waals surface area contributed by atoms with Crippen molar-refractivity contribution in [1.29, 1.82) is 0 Å². The molecule has 1 saturated heterocycles. The Morgan fingerprint density at radius 3 is 3.00 bits per heavy atom. The van der Waals surface area contributed by atoms with E-state index in [0.29, 0.717) is 29.7 Å². The van der Waals surface area contributed by atoms with Crippen molar-refractivity contribution in [3.05, 3.63) is 53.9 Å². The first-order valence-corrected chi connectivity index (χ1v) is 9.05. The number of nitrogens with zero attached hydrogens (tertiary/aromatic N) is 3. The lowest BCUT2D eigenvalue weighted by Gasteiger charge is -2.14. The summed E-state index contributed by atoms with van der Waals surface area (Å²) < 4.78 is 5.27. The summed E-state index contributed by atoms with van der Waals surface area (Å²) in [6.07, 6.45) is 3.47. The lowest BCUT2D eigenvalue weighted by Crippen LogP contribution is -2.27. The summed E-state index contributed by atoms with van der Waals surface area (Å²) >= 11 is 1.34. The van der Waals surface area contributed by atoms with E-state index < -0.39 is 0 Å². The highest BCUT2D eigenvalue weighted by Gasteiger charge is 2.35. The van der Waals surface area contributed by atoms with E-state index in [9.17, 15) is 9.59 Å². The molecule has 2 amide bonds. The number of thiazole rings is 1. The molecule has 0 spiro atoms. The molecule has 132 valence electrons. The first-order valence-electron chi connectivity index (χ1n) is 8.17. The Morgan fingerprint density at radius 2 is 2.23 bits per heavy atom. The van der Waals surface area contributed by atoms with Gasteiger partial charge in [-0.1, -0.05) is 6.07 Å². The SMILES string of the molecule is O=C(Nc1nc(-c2ccccn2)cs1)[C@@H]1CC(=O)N(Cc2ccco2)C1. The van der Waals surface area contributed by atoms with E-state index in [0.717, 1.165) is 5.69 Å². The summed E-state index contributed by atoms with van der Waals surface area (Å²) in [6.45, 7) is 0.764. The molecule has 1 atom stereocenters. The van der Waals surface area contributed by atoms with Crippen LogP contribution in [0.5, 0.6) is 0 Å². The Balaban J connectivity index is 1.38. The van der Waals surface area contributed by atoms with Gasteiger partial charge >= 0.3 is 0 Å². The Morgan fingerprint density at radius 1 is 1.31 bits per heavy atom. The van der Waals surface area contributed by atoms with Gasteiger partial charge in [-0.25, -0.2) is 4.98 Å². The maximum absolute atomic E-state index is 12.5. The van der Waals surface area contributed by atoms with Crippen LogP contribution in [0.4, 0.5) is 5.13 Å². The molecular formula is C18H16N4O3S. The summed E-state index contributed by atoms with van der Waals surface area (Å²) in [7, 11) is 0. The molecule has 0 aliphatic carbocycles. The van der Waals surface area contributed by atoms with E-state index in [1.807, 2.05) is 29.6 Å². The monoisotopic (exact) mass is 368 g/mol. The van der Waals surface area contributed by atoms with E-state index in [-0.39, 0.29) is 24.2 Å². The predicted molar refractivity (Wildman–Crippen MR) is 96.2 cm³/mol. The lowest BCUT2D eigenvalue weighted by molar-refractivity contribution is -0.128. The molecule has 0 aromatic carbocycles. The number of pyridine rings is 1. The van der Waals surface area contributed by atoms with E-state index >= 15 is 0 Å². The normalized spacial score (nSPS) is 16.8. The number of nitrogens with one attached hydrogen (secondary N) is 1. The van der Waals surface area contributed by atoms with Crippen LogP contribution in [0, 0.1) is 5.92 Å². The molecule has 4 rings (SSSR count). The zero-order chi connectivity index (χ0) is 17.9. The van der Waals surface area contributed by atoms with Crippen molar-refractivity contribution in [1.82, 2.24) is 14.9 Å². The molecule has 3 aromatic heterocycles. The van der Waals surface area contributed by atoms with Crippen LogP contribution in [0.2, 0.25) is 0 Å². The predicted octanol–water partition coefficient (Wildman–Crippen LogP) is 2.79. The molecule has 1 fully saturated rings. The molecular weight excluding hydrogens is 352 g/mol. The molecule has 1 N–H and O–H groups in total. The summed E-state index contributed by atoms with van der Waals surface area (Å²) in [5.41, 5.74) is 1.47. The van der Waals surface area contributed by atoms with Crippen LogP contribution in [0.25, 0.3) is 11.4 Å². The second-order valence-corrected chi connectivity index (χ2v) is 6.85. The second kappa shape index (κ2) is 7.09. The van der Waals surface area contributed by atoms with Crippen LogP contribution >= 0.6 is 11.3 Å². The summed E-state index contributed by atoms with van der Waals surface area (Å²) in [5.74, 6) is 0.0797. The van der Waals surface area contributed by atoms with Gasteiger partial charge in [0.25, 0.3) is 0 Å². The molecule has 0 bridgehead atoms.